The van der Waals surface area contributed by atoms with E-state index in [-0.39, 0.29) is 5.78 Å². The minimum Gasteiger partial charge on any atom is -0.492 e. The average Bonchev–Trinajstić information content (AvgIpc) is 2.45. The van der Waals surface area contributed by atoms with Gasteiger partial charge in [-0.15, -0.1) is 0 Å². The summed E-state index contributed by atoms with van der Waals surface area (Å²) < 4.78 is 6.29. The molecule has 0 unspecified atom stereocenters. The van der Waals surface area contributed by atoms with E-state index in [2.05, 4.69) is 15.9 Å². The van der Waals surface area contributed by atoms with E-state index in [0.717, 1.165) is 10.9 Å². The summed E-state index contributed by atoms with van der Waals surface area (Å²) in [6.07, 6.45) is 0.920. The predicted octanol–water partition coefficient (Wildman–Crippen LogP) is 4.70. The smallest absolute Gasteiger partial charge is 0.196 e. The van der Waals surface area contributed by atoms with Crippen molar-refractivity contribution in [3.8, 4) is 5.75 Å². The molecule has 3 nitrogen and oxygen atoms in total. The summed E-state index contributed by atoms with van der Waals surface area (Å²) in [5.74, 6) is 0.501. The van der Waals surface area contributed by atoms with Crippen LogP contribution in [0.1, 0.15) is 29.3 Å². The fraction of sp³-hybridized carbons (Fsp3) is 0.188. The van der Waals surface area contributed by atoms with Crippen molar-refractivity contribution < 1.29 is 9.53 Å². The number of carbonyl (C=O) groups excluding carboxylic acids is 1. The van der Waals surface area contributed by atoms with Gasteiger partial charge < -0.3 is 10.5 Å². The molecule has 2 rings (SSSR count). The highest BCUT2D eigenvalue weighted by atomic mass is 79.9. The molecule has 0 aromatic heterocycles. The second kappa shape index (κ2) is 6.96. The Morgan fingerprint density at radius 1 is 1.33 bits per heavy atom. The Hall–Kier alpha value is -1.52. The Morgan fingerprint density at radius 2 is 2.10 bits per heavy atom. The van der Waals surface area contributed by atoms with Crippen LogP contribution < -0.4 is 10.5 Å². The Balaban J connectivity index is 2.34. The number of hydrogen-bond acceptors (Lipinski definition) is 3. The molecule has 21 heavy (non-hydrogen) atoms. The maximum absolute atomic E-state index is 12.5. The molecule has 0 radical (unpaired) electrons. The first-order valence-corrected chi connectivity index (χ1v) is 7.72. The SMILES string of the molecule is CCCOc1ccc(C(=O)c2c(N)cccc2Cl)cc1Br. The molecule has 5 heteroatoms. The lowest BCUT2D eigenvalue weighted by atomic mass is 10.0. The minimum absolute atomic E-state index is 0.208. The minimum atomic E-state index is -0.208. The Bertz CT molecular complexity index is 653. The van der Waals surface area contributed by atoms with Gasteiger partial charge in [0.1, 0.15) is 5.75 Å². The molecule has 0 fully saturated rings. The average molecular weight is 369 g/mol. The van der Waals surface area contributed by atoms with Crippen molar-refractivity contribution >= 4 is 39.0 Å². The number of carbonyl (C=O) groups is 1. The standard InChI is InChI=1S/C16H15BrClNO2/c1-2-8-21-14-7-6-10(9-11(14)17)16(20)15-12(18)4-3-5-13(15)19/h3-7,9H,2,8,19H2,1H3. The lowest BCUT2D eigenvalue weighted by Crippen LogP contribution is -2.06. The summed E-state index contributed by atoms with van der Waals surface area (Å²) in [5.41, 5.74) is 7.05. The number of ketones is 1. The fourth-order valence-electron chi connectivity index (χ4n) is 1.90. The molecule has 0 spiro atoms. The topological polar surface area (TPSA) is 52.3 Å². The molecule has 0 saturated carbocycles. The number of nitrogen functional groups attached to an aromatic ring is 1. The Labute approximate surface area is 137 Å². The van der Waals surface area contributed by atoms with Crippen LogP contribution in [0.15, 0.2) is 40.9 Å². The molecule has 2 N–H and O–H groups in total. The summed E-state index contributed by atoms with van der Waals surface area (Å²) in [5, 5.41) is 0.349. The Kier molecular flexibility index (Phi) is 5.26. The van der Waals surface area contributed by atoms with E-state index in [0.29, 0.717) is 34.2 Å². The van der Waals surface area contributed by atoms with Crippen molar-refractivity contribution in [1.82, 2.24) is 0 Å². The summed E-state index contributed by atoms with van der Waals surface area (Å²) in [6, 6.07) is 10.2. The van der Waals surface area contributed by atoms with Crippen LogP contribution in [0.2, 0.25) is 5.02 Å². The zero-order chi connectivity index (χ0) is 15.4. The number of hydrogen-bond donors (Lipinski definition) is 1. The summed E-state index contributed by atoms with van der Waals surface area (Å²) in [7, 11) is 0. The van der Waals surface area contributed by atoms with E-state index in [9.17, 15) is 4.79 Å². The van der Waals surface area contributed by atoms with E-state index in [1.54, 1.807) is 36.4 Å². The van der Waals surface area contributed by atoms with Crippen LogP contribution in [-0.4, -0.2) is 12.4 Å². The molecular weight excluding hydrogens is 354 g/mol. The maximum Gasteiger partial charge on any atom is 0.196 e. The van der Waals surface area contributed by atoms with Crippen LogP contribution in [-0.2, 0) is 0 Å². The highest BCUT2D eigenvalue weighted by Crippen LogP contribution is 2.30. The zero-order valence-corrected chi connectivity index (χ0v) is 13.9. The molecule has 0 aliphatic rings. The molecule has 0 aliphatic carbocycles. The number of halogens is 2. The first kappa shape index (κ1) is 15.9. The molecule has 0 amide bonds. The molecule has 0 aliphatic heterocycles. The van der Waals surface area contributed by atoms with E-state index in [1.807, 2.05) is 6.92 Å². The van der Waals surface area contributed by atoms with Gasteiger partial charge in [0.15, 0.2) is 5.78 Å². The van der Waals surface area contributed by atoms with E-state index < -0.39 is 0 Å². The molecule has 0 bridgehead atoms. The number of anilines is 1. The number of benzene rings is 2. The van der Waals surface area contributed by atoms with Gasteiger partial charge in [-0.3, -0.25) is 4.79 Å². The van der Waals surface area contributed by atoms with Gasteiger partial charge in [0.2, 0.25) is 0 Å². The van der Waals surface area contributed by atoms with Crippen LogP contribution >= 0.6 is 27.5 Å². The fourth-order valence-corrected chi connectivity index (χ4v) is 2.66. The van der Waals surface area contributed by atoms with Gasteiger partial charge in [-0.1, -0.05) is 24.6 Å². The normalized spacial score (nSPS) is 10.4. The summed E-state index contributed by atoms with van der Waals surface area (Å²) in [4.78, 5) is 12.5. The van der Waals surface area contributed by atoms with Gasteiger partial charge in [0.25, 0.3) is 0 Å². The van der Waals surface area contributed by atoms with Crippen LogP contribution in [0.4, 0.5) is 5.69 Å². The zero-order valence-electron chi connectivity index (χ0n) is 11.5. The Morgan fingerprint density at radius 3 is 2.71 bits per heavy atom. The third-order valence-corrected chi connectivity index (χ3v) is 3.86. The van der Waals surface area contributed by atoms with Crippen molar-refractivity contribution in [1.29, 1.82) is 0 Å². The van der Waals surface area contributed by atoms with Crippen LogP contribution in [0, 0.1) is 0 Å². The van der Waals surface area contributed by atoms with Gasteiger partial charge in [0, 0.05) is 11.3 Å². The van der Waals surface area contributed by atoms with Gasteiger partial charge in [0.05, 0.1) is 21.7 Å². The third-order valence-electron chi connectivity index (χ3n) is 2.93. The first-order valence-electron chi connectivity index (χ1n) is 6.55. The second-order valence-corrected chi connectivity index (χ2v) is 5.79. The van der Waals surface area contributed by atoms with Crippen molar-refractivity contribution in [2.45, 2.75) is 13.3 Å². The molecule has 110 valence electrons. The van der Waals surface area contributed by atoms with Crippen LogP contribution in [0.5, 0.6) is 5.75 Å². The second-order valence-electron chi connectivity index (χ2n) is 4.53. The van der Waals surface area contributed by atoms with Crippen molar-refractivity contribution in [3.05, 3.63) is 57.0 Å². The monoisotopic (exact) mass is 367 g/mol. The van der Waals surface area contributed by atoms with Crippen molar-refractivity contribution in [2.75, 3.05) is 12.3 Å². The highest BCUT2D eigenvalue weighted by Gasteiger charge is 2.17. The van der Waals surface area contributed by atoms with Crippen molar-refractivity contribution in [3.63, 3.8) is 0 Å². The highest BCUT2D eigenvalue weighted by molar-refractivity contribution is 9.10. The van der Waals surface area contributed by atoms with Gasteiger partial charge in [-0.25, -0.2) is 0 Å². The lowest BCUT2D eigenvalue weighted by molar-refractivity contribution is 0.103. The maximum atomic E-state index is 12.5. The molecular formula is C16H15BrClNO2. The molecule has 0 atom stereocenters. The van der Waals surface area contributed by atoms with Crippen LogP contribution in [0.3, 0.4) is 0 Å². The van der Waals surface area contributed by atoms with Gasteiger partial charge >= 0.3 is 0 Å². The predicted molar refractivity (Wildman–Crippen MR) is 89.2 cm³/mol. The number of rotatable bonds is 5. The van der Waals surface area contributed by atoms with E-state index >= 15 is 0 Å². The summed E-state index contributed by atoms with van der Waals surface area (Å²) in [6.45, 7) is 2.66. The van der Waals surface area contributed by atoms with Crippen molar-refractivity contribution in [2.24, 2.45) is 0 Å². The lowest BCUT2D eigenvalue weighted by Gasteiger charge is -2.10. The molecule has 0 saturated heterocycles. The van der Waals surface area contributed by atoms with E-state index in [1.165, 1.54) is 0 Å². The molecule has 2 aromatic rings. The molecule has 2 aromatic carbocycles. The first-order chi connectivity index (χ1) is 10.0. The van der Waals surface area contributed by atoms with Gasteiger partial charge in [-0.2, -0.15) is 0 Å². The quantitative estimate of drug-likeness (QED) is 0.614. The molecule has 0 heterocycles. The largest absolute Gasteiger partial charge is 0.492 e. The number of nitrogens with two attached hydrogens (primary N) is 1. The van der Waals surface area contributed by atoms with E-state index in [4.69, 9.17) is 22.1 Å². The van der Waals surface area contributed by atoms with Gasteiger partial charge in [-0.05, 0) is 52.7 Å². The van der Waals surface area contributed by atoms with Crippen LogP contribution in [0.25, 0.3) is 0 Å². The third kappa shape index (κ3) is 3.57. The number of ether oxygens (including phenoxy) is 1. The summed E-state index contributed by atoms with van der Waals surface area (Å²) >= 11 is 9.49.